The van der Waals surface area contributed by atoms with E-state index < -0.39 is 5.60 Å². The lowest BCUT2D eigenvalue weighted by atomic mass is 9.94. The van der Waals surface area contributed by atoms with E-state index in [9.17, 15) is 9.90 Å². The van der Waals surface area contributed by atoms with Gasteiger partial charge >= 0.3 is 0 Å². The molecule has 5 nitrogen and oxygen atoms in total. The Hall–Kier alpha value is -0.880. The van der Waals surface area contributed by atoms with Crippen LogP contribution in [-0.4, -0.2) is 27.0 Å². The van der Waals surface area contributed by atoms with Crippen LogP contribution in [0.25, 0.3) is 0 Å². The maximum absolute atomic E-state index is 12.0. The van der Waals surface area contributed by atoms with Crippen LogP contribution in [0.5, 0.6) is 0 Å². The van der Waals surface area contributed by atoms with Crippen LogP contribution in [0.3, 0.4) is 0 Å². The third-order valence-corrected chi connectivity index (χ3v) is 4.69. The normalized spacial score (nSPS) is 18.6. The molecule has 0 spiro atoms. The number of halogens is 1. The first-order chi connectivity index (χ1) is 9.56. The zero-order chi connectivity index (χ0) is 14.6. The van der Waals surface area contributed by atoms with E-state index in [4.69, 9.17) is 0 Å². The van der Waals surface area contributed by atoms with Crippen molar-refractivity contribution in [2.45, 2.75) is 57.6 Å². The number of anilines is 1. The Labute approximate surface area is 127 Å². The fraction of sp³-hybridized carbons (Fsp3) is 0.714. The average Bonchev–Trinajstić information content (AvgIpc) is 2.66. The Bertz CT molecular complexity index is 508. The predicted molar refractivity (Wildman–Crippen MR) is 83.0 cm³/mol. The maximum atomic E-state index is 12.0. The molecule has 2 rings (SSSR count). The van der Waals surface area contributed by atoms with Crippen molar-refractivity contribution in [3.8, 4) is 0 Å². The zero-order valence-electron chi connectivity index (χ0n) is 11.9. The Balaban J connectivity index is 2.07. The molecular formula is C14H22BrN3O2. The van der Waals surface area contributed by atoms with Crippen molar-refractivity contribution in [2.75, 3.05) is 11.9 Å². The summed E-state index contributed by atoms with van der Waals surface area (Å²) in [6.45, 7) is 2.88. The second kappa shape index (κ2) is 6.72. The number of aryl methyl sites for hydroxylation is 1. The van der Waals surface area contributed by atoms with Gasteiger partial charge in [0.1, 0.15) is 4.47 Å². The molecule has 0 saturated heterocycles. The quantitative estimate of drug-likeness (QED) is 0.824. The minimum atomic E-state index is -0.671. The Kier molecular flexibility index (Phi) is 5.21. The lowest BCUT2D eigenvalue weighted by molar-refractivity contribution is 0.0381. The number of hydrogen-bond acceptors (Lipinski definition) is 4. The smallest absolute Gasteiger partial charge is 0.283 e. The van der Waals surface area contributed by atoms with Gasteiger partial charge in [-0.05, 0) is 35.7 Å². The van der Waals surface area contributed by atoms with Crippen molar-refractivity contribution < 1.29 is 5.11 Å². The lowest BCUT2D eigenvalue weighted by Crippen LogP contribution is -2.37. The first-order valence-electron chi connectivity index (χ1n) is 7.27. The highest BCUT2D eigenvalue weighted by molar-refractivity contribution is 9.10. The number of nitrogens with zero attached hydrogens (tertiary/aromatic N) is 2. The number of aliphatic hydroxyl groups is 1. The molecule has 0 atom stereocenters. The van der Waals surface area contributed by atoms with E-state index in [0.717, 1.165) is 25.7 Å². The highest BCUT2D eigenvalue weighted by Crippen LogP contribution is 2.28. The van der Waals surface area contributed by atoms with Gasteiger partial charge in [0.25, 0.3) is 5.56 Å². The molecule has 0 unspecified atom stereocenters. The van der Waals surface area contributed by atoms with Crippen LogP contribution in [0.2, 0.25) is 0 Å². The minimum Gasteiger partial charge on any atom is -0.388 e. The summed E-state index contributed by atoms with van der Waals surface area (Å²) >= 11 is 3.31. The summed E-state index contributed by atoms with van der Waals surface area (Å²) in [5, 5.41) is 17.9. The fourth-order valence-corrected chi connectivity index (χ4v) is 3.08. The molecule has 1 aromatic rings. The molecule has 2 N–H and O–H groups in total. The topological polar surface area (TPSA) is 67.2 Å². The molecule has 0 amide bonds. The summed E-state index contributed by atoms with van der Waals surface area (Å²) in [7, 11) is 0. The van der Waals surface area contributed by atoms with Crippen molar-refractivity contribution in [2.24, 2.45) is 0 Å². The molecule has 0 bridgehead atoms. The van der Waals surface area contributed by atoms with Crippen LogP contribution in [0.15, 0.2) is 15.5 Å². The lowest BCUT2D eigenvalue weighted by Gasteiger charge is -2.27. The molecule has 0 aromatic carbocycles. The van der Waals surface area contributed by atoms with Crippen LogP contribution >= 0.6 is 15.9 Å². The molecular weight excluding hydrogens is 322 g/mol. The van der Waals surface area contributed by atoms with E-state index in [-0.39, 0.29) is 5.56 Å². The monoisotopic (exact) mass is 343 g/mol. The summed E-state index contributed by atoms with van der Waals surface area (Å²) in [6.07, 6.45) is 7.79. The standard InChI is InChI=1S/C14H22BrN3O2/c1-2-18-13(19)12(15)11(9-17-18)16-10-14(20)7-5-3-4-6-8-14/h9,16,20H,2-8,10H2,1H3. The molecule has 0 radical (unpaired) electrons. The molecule has 1 saturated carbocycles. The minimum absolute atomic E-state index is 0.148. The fourth-order valence-electron chi connectivity index (χ4n) is 2.64. The zero-order valence-corrected chi connectivity index (χ0v) is 13.4. The Morgan fingerprint density at radius 3 is 2.65 bits per heavy atom. The van der Waals surface area contributed by atoms with E-state index in [1.54, 1.807) is 6.20 Å². The third-order valence-electron chi connectivity index (χ3n) is 3.93. The Morgan fingerprint density at radius 1 is 1.40 bits per heavy atom. The van der Waals surface area contributed by atoms with Gasteiger partial charge in [-0.2, -0.15) is 5.10 Å². The van der Waals surface area contributed by atoms with E-state index in [2.05, 4.69) is 26.3 Å². The van der Waals surface area contributed by atoms with E-state index >= 15 is 0 Å². The number of aromatic nitrogens is 2. The highest BCUT2D eigenvalue weighted by Gasteiger charge is 2.28. The van der Waals surface area contributed by atoms with Crippen molar-refractivity contribution >= 4 is 21.6 Å². The van der Waals surface area contributed by atoms with Gasteiger partial charge < -0.3 is 10.4 Å². The molecule has 1 aliphatic carbocycles. The first-order valence-corrected chi connectivity index (χ1v) is 8.07. The van der Waals surface area contributed by atoms with Crippen LogP contribution < -0.4 is 10.9 Å². The van der Waals surface area contributed by atoms with Gasteiger partial charge in [-0.3, -0.25) is 4.79 Å². The summed E-state index contributed by atoms with van der Waals surface area (Å²) in [4.78, 5) is 12.0. The van der Waals surface area contributed by atoms with Gasteiger partial charge in [0, 0.05) is 13.1 Å². The summed E-state index contributed by atoms with van der Waals surface area (Å²) in [6, 6.07) is 0. The van der Waals surface area contributed by atoms with Gasteiger partial charge in [-0.1, -0.05) is 25.7 Å². The first kappa shape index (κ1) is 15.5. The van der Waals surface area contributed by atoms with Crippen LogP contribution in [0.1, 0.15) is 45.4 Å². The van der Waals surface area contributed by atoms with Crippen molar-refractivity contribution in [1.82, 2.24) is 9.78 Å². The average molecular weight is 344 g/mol. The van der Waals surface area contributed by atoms with Crippen molar-refractivity contribution in [3.05, 3.63) is 21.0 Å². The number of rotatable bonds is 4. The van der Waals surface area contributed by atoms with Crippen molar-refractivity contribution in [3.63, 3.8) is 0 Å². The summed E-state index contributed by atoms with van der Waals surface area (Å²) in [5.41, 5.74) is -0.169. The van der Waals surface area contributed by atoms with Crippen LogP contribution in [0.4, 0.5) is 5.69 Å². The molecule has 1 aliphatic rings. The molecule has 1 heterocycles. The maximum Gasteiger partial charge on any atom is 0.283 e. The van der Waals surface area contributed by atoms with E-state index in [1.807, 2.05) is 6.92 Å². The second-order valence-corrected chi connectivity index (χ2v) is 6.28. The van der Waals surface area contributed by atoms with Crippen molar-refractivity contribution in [1.29, 1.82) is 0 Å². The largest absolute Gasteiger partial charge is 0.388 e. The van der Waals surface area contributed by atoms with Crippen LogP contribution in [0, 0.1) is 0 Å². The van der Waals surface area contributed by atoms with Crippen LogP contribution in [-0.2, 0) is 6.54 Å². The van der Waals surface area contributed by atoms with Gasteiger partial charge in [-0.25, -0.2) is 4.68 Å². The molecule has 112 valence electrons. The van der Waals surface area contributed by atoms with Gasteiger partial charge in [0.15, 0.2) is 0 Å². The van der Waals surface area contributed by atoms with Gasteiger partial charge in [0.2, 0.25) is 0 Å². The molecule has 20 heavy (non-hydrogen) atoms. The predicted octanol–water partition coefficient (Wildman–Crippen LogP) is 2.52. The van der Waals surface area contributed by atoms with E-state index in [1.165, 1.54) is 17.5 Å². The summed E-state index contributed by atoms with van der Waals surface area (Å²) in [5.74, 6) is 0. The van der Waals surface area contributed by atoms with E-state index in [0.29, 0.717) is 23.2 Å². The summed E-state index contributed by atoms with van der Waals surface area (Å²) < 4.78 is 1.88. The molecule has 1 fully saturated rings. The molecule has 0 aliphatic heterocycles. The SMILES string of the molecule is CCn1ncc(NCC2(O)CCCCCC2)c(Br)c1=O. The molecule has 6 heteroatoms. The Morgan fingerprint density at radius 2 is 2.05 bits per heavy atom. The number of nitrogens with one attached hydrogen (secondary N) is 1. The third kappa shape index (κ3) is 3.61. The number of hydrogen-bond donors (Lipinski definition) is 2. The van der Waals surface area contributed by atoms with Gasteiger partial charge in [0.05, 0.1) is 17.5 Å². The highest BCUT2D eigenvalue weighted by atomic mass is 79.9. The van der Waals surface area contributed by atoms with Gasteiger partial charge in [-0.15, -0.1) is 0 Å². The second-order valence-electron chi connectivity index (χ2n) is 5.49. The molecule has 1 aromatic heterocycles.